The fraction of sp³-hybridized carbons (Fsp3) is 0.286. The third kappa shape index (κ3) is 4.25. The van der Waals surface area contributed by atoms with Crippen molar-refractivity contribution in [2.75, 3.05) is 16.9 Å². The maximum atomic E-state index is 14.5. The van der Waals surface area contributed by atoms with Crippen LogP contribution in [-0.2, 0) is 19.2 Å². The number of benzene rings is 3. The molecule has 47 heavy (non-hydrogen) atoms. The number of hydrogen-bond acceptors (Lipinski definition) is 7. The van der Waals surface area contributed by atoms with Gasteiger partial charge in [0.05, 0.1) is 52.2 Å². The van der Waals surface area contributed by atoms with Gasteiger partial charge in [0.1, 0.15) is 17.3 Å². The van der Waals surface area contributed by atoms with Gasteiger partial charge in [-0.2, -0.15) is 0 Å². The highest BCUT2D eigenvalue weighted by Gasteiger charge is 2.68. The molecule has 6 atom stereocenters. The fourth-order valence-electron chi connectivity index (χ4n) is 8.23. The second kappa shape index (κ2) is 10.8. The lowest BCUT2D eigenvalue weighted by molar-refractivity contribution is -0.131. The summed E-state index contributed by atoms with van der Waals surface area (Å²) in [4.78, 5) is 70.6. The smallest absolute Gasteiger partial charge is 0.335 e. The summed E-state index contributed by atoms with van der Waals surface area (Å²) in [6.45, 7) is 1.65. The molecule has 3 fully saturated rings. The predicted molar refractivity (Wildman–Crippen MR) is 167 cm³/mol. The number of allylic oxidation sites excluding steroid dienone is 2. The number of fused-ring (bicyclic) bond motifs is 4. The highest BCUT2D eigenvalue weighted by atomic mass is 35.5. The van der Waals surface area contributed by atoms with E-state index >= 15 is 0 Å². The summed E-state index contributed by atoms with van der Waals surface area (Å²) >= 11 is 6.05. The number of halogens is 2. The minimum Gasteiger partial charge on any atom is -0.508 e. The van der Waals surface area contributed by atoms with Crippen LogP contribution < -0.4 is 14.5 Å². The number of carboxylic acids is 1. The average Bonchev–Trinajstić information content (AvgIpc) is 3.42. The third-order valence-corrected chi connectivity index (χ3v) is 10.6. The van der Waals surface area contributed by atoms with Crippen LogP contribution in [0, 0.1) is 34.9 Å². The Hall–Kier alpha value is -5.03. The highest BCUT2D eigenvalue weighted by molar-refractivity contribution is 6.32. The average molecular weight is 659 g/mol. The lowest BCUT2D eigenvalue weighted by Gasteiger charge is -2.49. The Morgan fingerprint density at radius 1 is 0.957 bits per heavy atom. The number of carbonyl (C=O) groups excluding carboxylic acids is 4. The topological polar surface area (TPSA) is 142 Å². The summed E-state index contributed by atoms with van der Waals surface area (Å²) in [5.74, 6) is -8.41. The van der Waals surface area contributed by atoms with Crippen LogP contribution >= 0.6 is 11.6 Å². The summed E-state index contributed by atoms with van der Waals surface area (Å²) in [5.41, 5.74) is -0.487. The summed E-state index contributed by atoms with van der Waals surface area (Å²) in [7, 11) is 1.42. The van der Waals surface area contributed by atoms with E-state index in [1.807, 2.05) is 6.08 Å². The van der Waals surface area contributed by atoms with Gasteiger partial charge in [0, 0.05) is 11.5 Å². The van der Waals surface area contributed by atoms with Crippen LogP contribution in [0.25, 0.3) is 0 Å². The van der Waals surface area contributed by atoms with Crippen molar-refractivity contribution in [3.63, 3.8) is 0 Å². The highest BCUT2D eigenvalue weighted by Crippen LogP contribution is 2.65. The van der Waals surface area contributed by atoms with Crippen LogP contribution in [0.3, 0.4) is 0 Å². The Morgan fingerprint density at radius 2 is 1.68 bits per heavy atom. The zero-order valence-corrected chi connectivity index (χ0v) is 25.9. The monoisotopic (exact) mass is 658 g/mol. The molecule has 0 radical (unpaired) electrons. The Balaban J connectivity index is 1.39. The second-order valence-electron chi connectivity index (χ2n) is 12.5. The van der Waals surface area contributed by atoms with E-state index in [0.29, 0.717) is 5.57 Å². The Labute approximate surface area is 273 Å². The van der Waals surface area contributed by atoms with Crippen molar-refractivity contribution in [1.29, 1.82) is 0 Å². The second-order valence-corrected chi connectivity index (χ2v) is 12.9. The van der Waals surface area contributed by atoms with Gasteiger partial charge in [-0.3, -0.25) is 24.1 Å². The number of amides is 4. The summed E-state index contributed by atoms with van der Waals surface area (Å²) in [6, 6.07) is 13.8. The van der Waals surface area contributed by atoms with E-state index < -0.39 is 70.4 Å². The summed E-state index contributed by atoms with van der Waals surface area (Å²) in [5, 5.41) is 20.5. The SMILES string of the molecule is COc1cccc(O)c1C1C2=CCC3C(=O)N(c4cccc(C(=O)O)c4)C(=O)C3C2CC2C(=O)N(c3ccc(F)c(Cl)c3)C(=O)C21C. The summed E-state index contributed by atoms with van der Waals surface area (Å²) < 4.78 is 19.8. The third-order valence-electron chi connectivity index (χ3n) is 10.3. The Bertz CT molecular complexity index is 1960. The first-order valence-electron chi connectivity index (χ1n) is 15.0. The first kappa shape index (κ1) is 30.6. The van der Waals surface area contributed by atoms with Crippen LogP contribution in [0.4, 0.5) is 15.8 Å². The molecule has 3 aromatic carbocycles. The number of rotatable bonds is 5. The predicted octanol–water partition coefficient (Wildman–Crippen LogP) is 5.33. The maximum Gasteiger partial charge on any atom is 0.335 e. The number of ether oxygens (including phenoxy) is 1. The zero-order valence-electron chi connectivity index (χ0n) is 25.1. The van der Waals surface area contributed by atoms with Gasteiger partial charge in [-0.1, -0.05) is 35.4 Å². The van der Waals surface area contributed by atoms with Crippen molar-refractivity contribution < 1.29 is 43.3 Å². The maximum absolute atomic E-state index is 14.5. The van der Waals surface area contributed by atoms with Gasteiger partial charge in [-0.05, 0) is 74.2 Å². The standard InChI is InChI=1S/C35H28ClFN2O8/c1-35-22(31(42)39(34(35)46)18-9-12-24(37)23(36)14-18)15-21-19(29(35)28-25(40)7-4-8-26(28)47-2)10-11-20-27(21)32(43)38(30(20)41)17-6-3-5-16(13-17)33(44)45/h3-10,12-14,20-22,27,29,40H,11,15H2,1-2H3,(H,44,45). The fourth-order valence-corrected chi connectivity index (χ4v) is 8.40. The van der Waals surface area contributed by atoms with Crippen molar-refractivity contribution in [2.45, 2.75) is 25.7 Å². The van der Waals surface area contributed by atoms with E-state index in [-0.39, 0.29) is 51.9 Å². The normalized spacial score (nSPS) is 28.2. The molecule has 0 bridgehead atoms. The van der Waals surface area contributed by atoms with Crippen molar-refractivity contribution in [3.8, 4) is 11.5 Å². The molecular formula is C35H28ClFN2O8. The number of aromatic hydroxyl groups is 1. The van der Waals surface area contributed by atoms with Gasteiger partial charge < -0.3 is 14.9 Å². The molecule has 4 amide bonds. The van der Waals surface area contributed by atoms with Crippen LogP contribution in [0.1, 0.15) is 41.6 Å². The van der Waals surface area contributed by atoms with Crippen molar-refractivity contribution in [3.05, 3.63) is 94.3 Å². The van der Waals surface area contributed by atoms with Gasteiger partial charge in [0.2, 0.25) is 23.6 Å². The molecule has 0 spiro atoms. The zero-order chi connectivity index (χ0) is 33.5. The number of aromatic carboxylic acids is 1. The van der Waals surface area contributed by atoms with Crippen LogP contribution in [0.15, 0.2) is 72.3 Å². The Morgan fingerprint density at radius 3 is 2.38 bits per heavy atom. The van der Waals surface area contributed by atoms with E-state index in [9.17, 15) is 38.6 Å². The van der Waals surface area contributed by atoms with Crippen molar-refractivity contribution in [1.82, 2.24) is 0 Å². The van der Waals surface area contributed by atoms with E-state index in [0.717, 1.165) is 15.9 Å². The van der Waals surface area contributed by atoms with E-state index in [1.165, 1.54) is 49.6 Å². The minimum absolute atomic E-state index is 0.0357. The molecule has 240 valence electrons. The van der Waals surface area contributed by atoms with Crippen molar-refractivity contribution in [2.24, 2.45) is 29.1 Å². The van der Waals surface area contributed by atoms with Gasteiger partial charge >= 0.3 is 5.97 Å². The van der Waals surface area contributed by atoms with Gasteiger partial charge in [0.25, 0.3) is 0 Å². The minimum atomic E-state index is -1.49. The lowest BCUT2D eigenvalue weighted by Crippen LogP contribution is -2.49. The number of carboxylic acid groups (broad SMARTS) is 1. The van der Waals surface area contributed by atoms with Crippen LogP contribution in [0.2, 0.25) is 5.02 Å². The van der Waals surface area contributed by atoms with E-state index in [2.05, 4.69) is 0 Å². The Kier molecular flexibility index (Phi) is 7.01. The number of anilines is 2. The van der Waals surface area contributed by atoms with Crippen LogP contribution in [-0.4, -0.2) is 46.9 Å². The molecule has 1 saturated carbocycles. The van der Waals surface area contributed by atoms with Gasteiger partial charge in [0.15, 0.2) is 0 Å². The number of carbonyl (C=O) groups is 5. The molecule has 3 aromatic rings. The molecular weight excluding hydrogens is 631 g/mol. The van der Waals surface area contributed by atoms with Gasteiger partial charge in [-0.25, -0.2) is 14.1 Å². The van der Waals surface area contributed by atoms with E-state index in [1.54, 1.807) is 19.1 Å². The molecule has 2 N–H and O–H groups in total. The number of imide groups is 2. The quantitative estimate of drug-likeness (QED) is 0.277. The molecule has 2 heterocycles. The first-order chi connectivity index (χ1) is 22.4. The molecule has 6 unspecified atom stereocenters. The largest absolute Gasteiger partial charge is 0.508 e. The number of nitrogens with zero attached hydrogens (tertiary/aromatic N) is 2. The molecule has 0 aromatic heterocycles. The first-order valence-corrected chi connectivity index (χ1v) is 15.4. The number of phenols is 1. The molecule has 12 heteroatoms. The van der Waals surface area contributed by atoms with Gasteiger partial charge in [-0.15, -0.1) is 0 Å². The molecule has 2 saturated heterocycles. The molecule has 4 aliphatic rings. The number of methoxy groups -OCH3 is 1. The van der Waals surface area contributed by atoms with Crippen LogP contribution in [0.5, 0.6) is 11.5 Å². The number of phenolic OH excluding ortho intramolecular Hbond substituents is 1. The van der Waals surface area contributed by atoms with Crippen molar-refractivity contribution >= 4 is 52.6 Å². The van der Waals surface area contributed by atoms with E-state index in [4.69, 9.17) is 16.3 Å². The molecule has 10 nitrogen and oxygen atoms in total. The summed E-state index contributed by atoms with van der Waals surface area (Å²) in [6.07, 6.45) is 2.00. The lowest BCUT2D eigenvalue weighted by atomic mass is 9.51. The molecule has 7 rings (SSSR count). The number of hydrogen-bond donors (Lipinski definition) is 2. The molecule has 2 aliphatic heterocycles. The molecule has 2 aliphatic carbocycles.